The van der Waals surface area contributed by atoms with E-state index < -0.39 is 0 Å². The predicted octanol–water partition coefficient (Wildman–Crippen LogP) is 2.83. The second-order valence-electron chi connectivity index (χ2n) is 5.68. The summed E-state index contributed by atoms with van der Waals surface area (Å²) >= 11 is 3.50. The van der Waals surface area contributed by atoms with Gasteiger partial charge in [-0.1, -0.05) is 28.1 Å². The number of nitrogens with zero attached hydrogens (tertiary/aromatic N) is 1. The molecule has 1 aromatic carbocycles. The summed E-state index contributed by atoms with van der Waals surface area (Å²) in [5.74, 6) is 0.974. The van der Waals surface area contributed by atoms with Crippen LogP contribution in [0.3, 0.4) is 0 Å². The van der Waals surface area contributed by atoms with Gasteiger partial charge in [-0.25, -0.2) is 0 Å². The number of guanidine groups is 1. The topological polar surface area (TPSA) is 65.5 Å². The highest BCUT2D eigenvalue weighted by atomic mass is 127. The third-order valence-corrected chi connectivity index (χ3v) is 4.23. The standard InChI is InChI=1S/C17H25BrN4O.HI/c1-2-19-17(22-15-8-9-16(23)21-12-15)20-10-4-6-13-5-3-7-14(18)11-13;/h3,5,7,11,15H,2,4,6,8-10,12H2,1H3,(H,21,23)(H2,19,20,22);1H. The monoisotopic (exact) mass is 508 g/mol. The lowest BCUT2D eigenvalue weighted by molar-refractivity contribution is -0.122. The van der Waals surface area contributed by atoms with Gasteiger partial charge in [0.2, 0.25) is 5.91 Å². The lowest BCUT2D eigenvalue weighted by atomic mass is 10.1. The molecule has 2 rings (SSSR count). The van der Waals surface area contributed by atoms with E-state index in [9.17, 15) is 4.79 Å². The van der Waals surface area contributed by atoms with Gasteiger partial charge < -0.3 is 16.0 Å². The molecule has 1 unspecified atom stereocenters. The van der Waals surface area contributed by atoms with Crippen LogP contribution < -0.4 is 16.0 Å². The maximum Gasteiger partial charge on any atom is 0.220 e. The molecule has 0 radical (unpaired) electrons. The summed E-state index contributed by atoms with van der Waals surface area (Å²) in [6.45, 7) is 4.33. The average molecular weight is 509 g/mol. The van der Waals surface area contributed by atoms with Crippen LogP contribution in [0.2, 0.25) is 0 Å². The lowest BCUT2D eigenvalue weighted by Gasteiger charge is -2.25. The van der Waals surface area contributed by atoms with Crippen LogP contribution in [0.25, 0.3) is 0 Å². The van der Waals surface area contributed by atoms with Crippen molar-refractivity contribution in [1.82, 2.24) is 16.0 Å². The van der Waals surface area contributed by atoms with Crippen LogP contribution in [0.5, 0.6) is 0 Å². The van der Waals surface area contributed by atoms with Gasteiger partial charge in [-0.05, 0) is 43.9 Å². The minimum Gasteiger partial charge on any atom is -0.357 e. The minimum atomic E-state index is 0. The zero-order valence-electron chi connectivity index (χ0n) is 14.0. The van der Waals surface area contributed by atoms with Crippen LogP contribution >= 0.6 is 39.9 Å². The number of aryl methyl sites for hydroxylation is 1. The number of rotatable bonds is 6. The quantitative estimate of drug-likeness (QED) is 0.239. The number of carbonyl (C=O) groups excluding carboxylic acids is 1. The minimum absolute atomic E-state index is 0. The van der Waals surface area contributed by atoms with E-state index in [1.807, 2.05) is 6.07 Å². The Morgan fingerprint density at radius 2 is 2.29 bits per heavy atom. The maximum absolute atomic E-state index is 11.2. The molecular formula is C17H26BrIN4O. The molecule has 0 spiro atoms. The fourth-order valence-corrected chi connectivity index (χ4v) is 2.98. The van der Waals surface area contributed by atoms with Crippen molar-refractivity contribution in [1.29, 1.82) is 0 Å². The molecule has 3 N–H and O–H groups in total. The van der Waals surface area contributed by atoms with Crippen molar-refractivity contribution in [2.45, 2.75) is 38.6 Å². The Balaban J connectivity index is 0.00000288. The molecule has 0 bridgehead atoms. The number of nitrogens with one attached hydrogen (secondary N) is 3. The average Bonchev–Trinajstić information content (AvgIpc) is 2.54. The fraction of sp³-hybridized carbons (Fsp3) is 0.529. The number of piperidine rings is 1. The fourth-order valence-electron chi connectivity index (χ4n) is 2.54. The number of benzene rings is 1. The Labute approximate surface area is 169 Å². The molecule has 1 aromatic rings. The molecule has 1 atom stereocenters. The molecule has 1 fully saturated rings. The second-order valence-corrected chi connectivity index (χ2v) is 6.59. The number of hydrogen-bond donors (Lipinski definition) is 3. The van der Waals surface area contributed by atoms with E-state index in [0.29, 0.717) is 13.0 Å². The Kier molecular flexibility index (Phi) is 10.3. The van der Waals surface area contributed by atoms with Crippen molar-refractivity contribution in [2.24, 2.45) is 4.99 Å². The van der Waals surface area contributed by atoms with E-state index >= 15 is 0 Å². The first-order valence-corrected chi connectivity index (χ1v) is 9.02. The lowest BCUT2D eigenvalue weighted by Crippen LogP contribution is -2.51. The highest BCUT2D eigenvalue weighted by Crippen LogP contribution is 2.12. The van der Waals surface area contributed by atoms with Crippen LogP contribution in [0.15, 0.2) is 33.7 Å². The van der Waals surface area contributed by atoms with Gasteiger partial charge in [0.05, 0.1) is 0 Å². The molecule has 7 heteroatoms. The van der Waals surface area contributed by atoms with Crippen LogP contribution in [-0.4, -0.2) is 37.5 Å². The summed E-state index contributed by atoms with van der Waals surface area (Å²) in [6.07, 6.45) is 3.46. The van der Waals surface area contributed by atoms with E-state index in [4.69, 9.17) is 0 Å². The molecule has 1 aliphatic rings. The Morgan fingerprint density at radius 3 is 2.96 bits per heavy atom. The number of hydrogen-bond acceptors (Lipinski definition) is 2. The summed E-state index contributed by atoms with van der Waals surface area (Å²) in [4.78, 5) is 15.8. The largest absolute Gasteiger partial charge is 0.357 e. The second kappa shape index (κ2) is 11.7. The number of halogens is 2. The van der Waals surface area contributed by atoms with Gasteiger partial charge in [0, 0.05) is 36.6 Å². The Bertz CT molecular complexity index is 543. The molecule has 134 valence electrons. The molecule has 1 saturated heterocycles. The molecule has 24 heavy (non-hydrogen) atoms. The molecule has 0 aliphatic carbocycles. The summed E-state index contributed by atoms with van der Waals surface area (Å²) < 4.78 is 1.12. The maximum atomic E-state index is 11.2. The van der Waals surface area contributed by atoms with Crippen LogP contribution in [0, 0.1) is 0 Å². The number of amides is 1. The summed E-state index contributed by atoms with van der Waals surface area (Å²) in [5, 5.41) is 9.55. The van der Waals surface area contributed by atoms with Crippen LogP contribution in [-0.2, 0) is 11.2 Å². The smallest absolute Gasteiger partial charge is 0.220 e. The summed E-state index contributed by atoms with van der Waals surface area (Å²) in [7, 11) is 0. The molecule has 5 nitrogen and oxygen atoms in total. The van der Waals surface area contributed by atoms with Gasteiger partial charge in [0.25, 0.3) is 0 Å². The Morgan fingerprint density at radius 1 is 1.46 bits per heavy atom. The van der Waals surface area contributed by atoms with E-state index in [2.05, 4.69) is 62.0 Å². The number of carbonyl (C=O) groups is 1. The van der Waals surface area contributed by atoms with E-state index in [1.165, 1.54) is 5.56 Å². The zero-order chi connectivity index (χ0) is 16.5. The van der Waals surface area contributed by atoms with Crippen molar-refractivity contribution in [3.05, 3.63) is 34.3 Å². The van der Waals surface area contributed by atoms with Crippen molar-refractivity contribution < 1.29 is 4.79 Å². The Hall–Kier alpha value is -0.830. The van der Waals surface area contributed by atoms with Gasteiger partial charge in [-0.15, -0.1) is 24.0 Å². The van der Waals surface area contributed by atoms with Crippen molar-refractivity contribution in [3.63, 3.8) is 0 Å². The van der Waals surface area contributed by atoms with Gasteiger partial charge in [0.15, 0.2) is 5.96 Å². The van der Waals surface area contributed by atoms with Gasteiger partial charge in [-0.2, -0.15) is 0 Å². The highest BCUT2D eigenvalue weighted by molar-refractivity contribution is 14.0. The van der Waals surface area contributed by atoms with Crippen molar-refractivity contribution in [2.75, 3.05) is 19.6 Å². The molecule has 1 heterocycles. The first kappa shape index (κ1) is 21.2. The molecule has 0 saturated carbocycles. The van der Waals surface area contributed by atoms with E-state index in [0.717, 1.165) is 42.8 Å². The summed E-state index contributed by atoms with van der Waals surface area (Å²) in [5.41, 5.74) is 1.32. The van der Waals surface area contributed by atoms with Gasteiger partial charge in [0.1, 0.15) is 0 Å². The third kappa shape index (κ3) is 7.83. The van der Waals surface area contributed by atoms with E-state index in [-0.39, 0.29) is 35.9 Å². The molecule has 1 amide bonds. The van der Waals surface area contributed by atoms with Crippen LogP contribution in [0.1, 0.15) is 31.7 Å². The summed E-state index contributed by atoms with van der Waals surface area (Å²) in [6, 6.07) is 8.65. The molecular weight excluding hydrogens is 483 g/mol. The molecule has 1 aliphatic heterocycles. The SMILES string of the molecule is CCNC(=NCCCc1cccc(Br)c1)NC1CCC(=O)NC1.I. The molecule has 0 aromatic heterocycles. The number of aliphatic imine (C=N–C) groups is 1. The normalized spacial score (nSPS) is 17.7. The highest BCUT2D eigenvalue weighted by Gasteiger charge is 2.18. The third-order valence-electron chi connectivity index (χ3n) is 3.73. The van der Waals surface area contributed by atoms with Crippen molar-refractivity contribution >= 4 is 51.8 Å². The van der Waals surface area contributed by atoms with Crippen LogP contribution in [0.4, 0.5) is 0 Å². The first-order chi connectivity index (χ1) is 11.2. The van der Waals surface area contributed by atoms with E-state index in [1.54, 1.807) is 0 Å². The van der Waals surface area contributed by atoms with Gasteiger partial charge >= 0.3 is 0 Å². The van der Waals surface area contributed by atoms with Crippen molar-refractivity contribution in [3.8, 4) is 0 Å². The predicted molar refractivity (Wildman–Crippen MR) is 113 cm³/mol. The zero-order valence-corrected chi connectivity index (χ0v) is 17.9. The van der Waals surface area contributed by atoms with Gasteiger partial charge in [-0.3, -0.25) is 9.79 Å². The first-order valence-electron chi connectivity index (χ1n) is 8.23.